The van der Waals surface area contributed by atoms with Gasteiger partial charge in [-0.15, -0.1) is 0 Å². The third-order valence-electron chi connectivity index (χ3n) is 3.81. The van der Waals surface area contributed by atoms with Gasteiger partial charge in [0.15, 0.2) is 0 Å². The fourth-order valence-corrected chi connectivity index (χ4v) is 2.78. The molecule has 0 spiro atoms. The quantitative estimate of drug-likeness (QED) is 0.902. The molecule has 1 N–H and O–H groups in total. The highest BCUT2D eigenvalue weighted by Crippen LogP contribution is 2.23. The zero-order valence-electron chi connectivity index (χ0n) is 11.2. The van der Waals surface area contributed by atoms with Gasteiger partial charge in [-0.3, -0.25) is 9.69 Å². The molecule has 6 heteroatoms. The van der Waals surface area contributed by atoms with E-state index in [9.17, 15) is 4.79 Å². The molecule has 2 rings (SSSR count). The highest BCUT2D eigenvalue weighted by molar-refractivity contribution is 6.29. The average molecular weight is 286 g/mol. The van der Waals surface area contributed by atoms with Crippen LogP contribution in [-0.4, -0.2) is 38.1 Å². The molecular formula is C13H20ClN3O2. The van der Waals surface area contributed by atoms with Crippen molar-refractivity contribution in [2.24, 2.45) is 7.05 Å². The van der Waals surface area contributed by atoms with Crippen LogP contribution in [0.1, 0.15) is 37.9 Å². The lowest BCUT2D eigenvalue weighted by atomic mass is 9.98. The normalized spacial score (nSPS) is 20.6. The average Bonchev–Trinajstić information content (AvgIpc) is 2.70. The van der Waals surface area contributed by atoms with Crippen molar-refractivity contribution in [3.8, 4) is 0 Å². The van der Waals surface area contributed by atoms with Crippen LogP contribution in [0.3, 0.4) is 0 Å². The molecule has 0 aromatic carbocycles. The van der Waals surface area contributed by atoms with Crippen LogP contribution in [0, 0.1) is 0 Å². The molecule has 1 fully saturated rings. The summed E-state index contributed by atoms with van der Waals surface area (Å²) in [5.74, 6) is 0.220. The fourth-order valence-electron chi connectivity index (χ4n) is 2.64. The van der Waals surface area contributed by atoms with Gasteiger partial charge < -0.3 is 9.67 Å². The molecule has 5 nitrogen and oxygen atoms in total. The molecule has 0 amide bonds. The molecule has 0 bridgehead atoms. The van der Waals surface area contributed by atoms with Crippen LogP contribution in [-0.2, 0) is 18.4 Å². The van der Waals surface area contributed by atoms with Gasteiger partial charge in [-0.25, -0.2) is 4.98 Å². The Morgan fingerprint density at radius 1 is 1.58 bits per heavy atom. The maximum Gasteiger partial charge on any atom is 0.303 e. The van der Waals surface area contributed by atoms with Crippen molar-refractivity contribution in [3.05, 3.63) is 17.2 Å². The van der Waals surface area contributed by atoms with Crippen molar-refractivity contribution in [1.29, 1.82) is 0 Å². The molecule has 1 atom stereocenters. The number of carbonyl (C=O) groups is 1. The van der Waals surface area contributed by atoms with Gasteiger partial charge in [-0.1, -0.05) is 18.0 Å². The first kappa shape index (κ1) is 14.3. The molecule has 19 heavy (non-hydrogen) atoms. The summed E-state index contributed by atoms with van der Waals surface area (Å²) in [6.07, 6.45) is 6.04. The minimum absolute atomic E-state index is 0.239. The Labute approximate surface area is 118 Å². The van der Waals surface area contributed by atoms with Gasteiger partial charge in [0.05, 0.1) is 12.7 Å². The number of aromatic nitrogens is 2. The zero-order valence-corrected chi connectivity index (χ0v) is 11.9. The first-order valence-electron chi connectivity index (χ1n) is 6.70. The maximum absolute atomic E-state index is 10.7. The van der Waals surface area contributed by atoms with E-state index in [1.165, 1.54) is 12.8 Å². The zero-order chi connectivity index (χ0) is 13.8. The Bertz CT molecular complexity index is 447. The van der Waals surface area contributed by atoms with E-state index in [2.05, 4.69) is 9.88 Å². The van der Waals surface area contributed by atoms with E-state index in [1.54, 1.807) is 6.20 Å². The number of nitrogens with zero attached hydrogens (tertiary/aromatic N) is 3. The fraction of sp³-hybridized carbons (Fsp3) is 0.692. The summed E-state index contributed by atoms with van der Waals surface area (Å²) >= 11 is 5.99. The molecule has 1 aromatic heterocycles. The number of rotatable bonds is 5. The number of carboxylic acid groups (broad SMARTS) is 1. The van der Waals surface area contributed by atoms with E-state index in [0.29, 0.717) is 17.6 Å². The topological polar surface area (TPSA) is 58.4 Å². The first-order chi connectivity index (χ1) is 9.08. The van der Waals surface area contributed by atoms with Crippen molar-refractivity contribution < 1.29 is 9.90 Å². The van der Waals surface area contributed by atoms with Crippen LogP contribution in [0.25, 0.3) is 0 Å². The Kier molecular flexibility index (Phi) is 4.82. The Balaban J connectivity index is 1.99. The molecule has 1 aliphatic rings. The van der Waals surface area contributed by atoms with Gasteiger partial charge in [0.2, 0.25) is 0 Å². The minimum Gasteiger partial charge on any atom is -0.481 e. The highest BCUT2D eigenvalue weighted by Gasteiger charge is 2.24. The monoisotopic (exact) mass is 285 g/mol. The molecule has 1 aromatic rings. The Hall–Kier alpha value is -1.07. The van der Waals surface area contributed by atoms with Gasteiger partial charge in [0, 0.05) is 19.5 Å². The van der Waals surface area contributed by atoms with Crippen molar-refractivity contribution in [1.82, 2.24) is 14.5 Å². The molecule has 2 heterocycles. The molecule has 0 radical (unpaired) electrons. The number of aliphatic carboxylic acids is 1. The van der Waals surface area contributed by atoms with Crippen LogP contribution in [0.2, 0.25) is 5.15 Å². The second-order valence-electron chi connectivity index (χ2n) is 5.11. The van der Waals surface area contributed by atoms with Gasteiger partial charge in [-0.2, -0.15) is 0 Å². The lowest BCUT2D eigenvalue weighted by Gasteiger charge is -2.35. The lowest BCUT2D eigenvalue weighted by molar-refractivity contribution is -0.137. The van der Waals surface area contributed by atoms with E-state index < -0.39 is 5.97 Å². The van der Waals surface area contributed by atoms with E-state index in [0.717, 1.165) is 25.3 Å². The summed E-state index contributed by atoms with van der Waals surface area (Å²) in [7, 11) is 1.90. The number of imidazole rings is 1. The van der Waals surface area contributed by atoms with Gasteiger partial charge >= 0.3 is 5.97 Å². The maximum atomic E-state index is 10.7. The molecule has 1 aliphatic heterocycles. The first-order valence-corrected chi connectivity index (χ1v) is 7.07. The van der Waals surface area contributed by atoms with Crippen LogP contribution >= 0.6 is 11.6 Å². The number of halogens is 1. The van der Waals surface area contributed by atoms with Gasteiger partial charge in [0.1, 0.15) is 11.0 Å². The van der Waals surface area contributed by atoms with Crippen molar-refractivity contribution in [3.63, 3.8) is 0 Å². The second kappa shape index (κ2) is 6.39. The van der Waals surface area contributed by atoms with Gasteiger partial charge in [-0.05, 0) is 25.8 Å². The predicted molar refractivity (Wildman–Crippen MR) is 73.1 cm³/mol. The summed E-state index contributed by atoms with van der Waals surface area (Å²) in [6, 6.07) is 0.348. The van der Waals surface area contributed by atoms with E-state index in [1.807, 2.05) is 11.6 Å². The third kappa shape index (κ3) is 3.70. The van der Waals surface area contributed by atoms with Crippen LogP contribution in [0.4, 0.5) is 0 Å². The summed E-state index contributed by atoms with van der Waals surface area (Å²) in [5, 5.41) is 9.45. The summed E-state index contributed by atoms with van der Waals surface area (Å²) < 4.78 is 1.88. The van der Waals surface area contributed by atoms with Crippen molar-refractivity contribution in [2.45, 2.75) is 44.7 Å². The summed E-state index contributed by atoms with van der Waals surface area (Å²) in [5.41, 5.74) is 0. The van der Waals surface area contributed by atoms with Crippen molar-refractivity contribution in [2.75, 3.05) is 6.54 Å². The molecular weight excluding hydrogens is 266 g/mol. The Morgan fingerprint density at radius 3 is 3.00 bits per heavy atom. The van der Waals surface area contributed by atoms with Crippen LogP contribution < -0.4 is 0 Å². The van der Waals surface area contributed by atoms with Crippen LogP contribution in [0.5, 0.6) is 0 Å². The minimum atomic E-state index is -0.717. The van der Waals surface area contributed by atoms with E-state index in [-0.39, 0.29) is 6.42 Å². The molecule has 106 valence electrons. The predicted octanol–water partition coefficient (Wildman–Crippen LogP) is 2.29. The number of likely N-dealkylation sites (tertiary alicyclic amines) is 1. The molecule has 1 unspecified atom stereocenters. The molecule has 0 saturated carbocycles. The number of carboxylic acids is 1. The second-order valence-corrected chi connectivity index (χ2v) is 5.50. The summed E-state index contributed by atoms with van der Waals surface area (Å²) in [6.45, 7) is 1.75. The largest absolute Gasteiger partial charge is 0.481 e. The number of piperidine rings is 1. The SMILES string of the molecule is Cn1c(Cl)cnc1CN1CCCCC1CCC(=O)O. The lowest BCUT2D eigenvalue weighted by Crippen LogP contribution is -2.39. The highest BCUT2D eigenvalue weighted by atomic mass is 35.5. The third-order valence-corrected chi connectivity index (χ3v) is 4.16. The van der Waals surface area contributed by atoms with Crippen LogP contribution in [0.15, 0.2) is 6.20 Å². The number of hydrogen-bond donors (Lipinski definition) is 1. The van der Waals surface area contributed by atoms with E-state index >= 15 is 0 Å². The standard InChI is InChI=1S/C13H20ClN3O2/c1-16-11(14)8-15-12(16)9-17-7-3-2-4-10(17)5-6-13(18)19/h8,10H,2-7,9H2,1H3,(H,18,19). The molecule has 1 saturated heterocycles. The van der Waals surface area contributed by atoms with Crippen molar-refractivity contribution >= 4 is 17.6 Å². The van der Waals surface area contributed by atoms with Gasteiger partial charge in [0.25, 0.3) is 0 Å². The van der Waals surface area contributed by atoms with E-state index in [4.69, 9.17) is 16.7 Å². The molecule has 0 aliphatic carbocycles. The number of hydrogen-bond acceptors (Lipinski definition) is 3. The Morgan fingerprint density at radius 2 is 2.37 bits per heavy atom. The summed E-state index contributed by atoms with van der Waals surface area (Å²) in [4.78, 5) is 17.4. The smallest absolute Gasteiger partial charge is 0.303 e.